The summed E-state index contributed by atoms with van der Waals surface area (Å²) in [4.78, 5) is 3.79. The zero-order valence-corrected chi connectivity index (χ0v) is 10.2. The average Bonchev–Trinajstić information content (AvgIpc) is 2.75. The minimum Gasteiger partial charge on any atom is -0.392 e. The summed E-state index contributed by atoms with van der Waals surface area (Å²) >= 11 is 0. The molecule has 2 N–H and O–H groups in total. The SMILES string of the molecule is CCC(O)CNS(=O)(=O)c1cn(CC)cn1. The van der Waals surface area contributed by atoms with E-state index in [1.165, 1.54) is 12.5 Å². The fraction of sp³-hybridized carbons (Fsp3) is 0.667. The van der Waals surface area contributed by atoms with E-state index in [-0.39, 0.29) is 11.6 Å². The third-order valence-corrected chi connectivity index (χ3v) is 3.54. The average molecular weight is 247 g/mol. The largest absolute Gasteiger partial charge is 0.392 e. The van der Waals surface area contributed by atoms with Gasteiger partial charge in [0, 0.05) is 19.3 Å². The number of aromatic nitrogens is 2. The molecule has 0 spiro atoms. The second kappa shape index (κ2) is 5.42. The maximum Gasteiger partial charge on any atom is 0.259 e. The van der Waals surface area contributed by atoms with E-state index in [1.54, 1.807) is 11.5 Å². The standard InChI is InChI=1S/C9H17N3O3S/c1-3-8(13)5-11-16(14,15)9-6-12(4-2)7-10-9/h6-8,11,13H,3-5H2,1-2H3. The lowest BCUT2D eigenvalue weighted by atomic mass is 10.3. The second-order valence-electron chi connectivity index (χ2n) is 3.46. The normalized spacial score (nSPS) is 13.9. The van der Waals surface area contributed by atoms with E-state index in [9.17, 15) is 13.5 Å². The Hall–Kier alpha value is -0.920. The molecule has 0 aliphatic rings. The number of imidazole rings is 1. The molecule has 0 amide bonds. The number of aliphatic hydroxyl groups is 1. The van der Waals surface area contributed by atoms with Crippen LogP contribution in [0.5, 0.6) is 0 Å². The summed E-state index contributed by atoms with van der Waals surface area (Å²) in [5, 5.41) is 9.25. The van der Waals surface area contributed by atoms with Gasteiger partial charge in [-0.1, -0.05) is 6.92 Å². The minimum atomic E-state index is -3.60. The predicted molar refractivity (Wildman–Crippen MR) is 59.4 cm³/mol. The van der Waals surface area contributed by atoms with Gasteiger partial charge in [-0.2, -0.15) is 0 Å². The van der Waals surface area contributed by atoms with Crippen molar-refractivity contribution in [2.45, 2.75) is 37.9 Å². The number of sulfonamides is 1. The zero-order valence-electron chi connectivity index (χ0n) is 9.42. The lowest BCUT2D eigenvalue weighted by Gasteiger charge is -2.08. The molecule has 0 aliphatic carbocycles. The van der Waals surface area contributed by atoms with Crippen LogP contribution in [-0.2, 0) is 16.6 Å². The maximum atomic E-state index is 11.7. The van der Waals surface area contributed by atoms with E-state index in [4.69, 9.17) is 0 Å². The molecule has 0 aliphatic heterocycles. The lowest BCUT2D eigenvalue weighted by molar-refractivity contribution is 0.174. The van der Waals surface area contributed by atoms with Crippen LogP contribution in [0.15, 0.2) is 17.6 Å². The Morgan fingerprint density at radius 3 is 2.75 bits per heavy atom. The topological polar surface area (TPSA) is 84.2 Å². The predicted octanol–water partition coefficient (Wildman–Crippen LogP) is -0.0478. The first-order valence-electron chi connectivity index (χ1n) is 5.19. The van der Waals surface area contributed by atoms with Gasteiger partial charge in [-0.25, -0.2) is 18.1 Å². The molecule has 0 radical (unpaired) electrons. The highest BCUT2D eigenvalue weighted by molar-refractivity contribution is 7.89. The molecule has 0 saturated heterocycles. The number of nitrogens with one attached hydrogen (secondary N) is 1. The highest BCUT2D eigenvalue weighted by Gasteiger charge is 2.17. The maximum absolute atomic E-state index is 11.7. The molecule has 6 nitrogen and oxygen atoms in total. The van der Waals surface area contributed by atoms with Crippen molar-refractivity contribution in [3.8, 4) is 0 Å². The van der Waals surface area contributed by atoms with Crippen molar-refractivity contribution in [1.29, 1.82) is 0 Å². The van der Waals surface area contributed by atoms with Gasteiger partial charge in [-0.05, 0) is 13.3 Å². The van der Waals surface area contributed by atoms with Crippen LogP contribution in [0, 0.1) is 0 Å². The van der Waals surface area contributed by atoms with Crippen molar-refractivity contribution in [3.05, 3.63) is 12.5 Å². The summed E-state index contributed by atoms with van der Waals surface area (Å²) in [7, 11) is -3.60. The van der Waals surface area contributed by atoms with E-state index in [0.717, 1.165) is 0 Å². The Balaban J connectivity index is 2.70. The smallest absolute Gasteiger partial charge is 0.259 e. The summed E-state index contributed by atoms with van der Waals surface area (Å²) in [6, 6.07) is 0. The molecule has 92 valence electrons. The summed E-state index contributed by atoms with van der Waals surface area (Å²) in [6.45, 7) is 4.36. The van der Waals surface area contributed by atoms with Gasteiger partial charge in [0.15, 0.2) is 5.03 Å². The molecule has 1 atom stereocenters. The van der Waals surface area contributed by atoms with Crippen LogP contribution >= 0.6 is 0 Å². The van der Waals surface area contributed by atoms with Gasteiger partial charge in [0.1, 0.15) is 0 Å². The van der Waals surface area contributed by atoms with Crippen molar-refractivity contribution in [2.75, 3.05) is 6.54 Å². The molecule has 1 heterocycles. The molecular formula is C9H17N3O3S. The first kappa shape index (κ1) is 13.1. The summed E-state index contributed by atoms with van der Waals surface area (Å²) < 4.78 is 27.3. The quantitative estimate of drug-likeness (QED) is 0.738. The molecule has 1 rings (SSSR count). The van der Waals surface area contributed by atoms with Crippen LogP contribution in [0.4, 0.5) is 0 Å². The number of aryl methyl sites for hydroxylation is 1. The monoisotopic (exact) mass is 247 g/mol. The van der Waals surface area contributed by atoms with Crippen LogP contribution in [0.2, 0.25) is 0 Å². The molecule has 0 bridgehead atoms. The van der Waals surface area contributed by atoms with Gasteiger partial charge in [0.25, 0.3) is 10.0 Å². The third kappa shape index (κ3) is 3.29. The second-order valence-corrected chi connectivity index (χ2v) is 5.17. The Bertz CT molecular complexity index is 427. The number of hydrogen-bond donors (Lipinski definition) is 2. The van der Waals surface area contributed by atoms with Gasteiger partial charge in [-0.15, -0.1) is 0 Å². The van der Waals surface area contributed by atoms with Gasteiger partial charge < -0.3 is 9.67 Å². The van der Waals surface area contributed by atoms with E-state index >= 15 is 0 Å². The van der Waals surface area contributed by atoms with E-state index < -0.39 is 16.1 Å². The van der Waals surface area contributed by atoms with E-state index in [2.05, 4.69) is 9.71 Å². The van der Waals surface area contributed by atoms with Gasteiger partial charge in [-0.3, -0.25) is 0 Å². The van der Waals surface area contributed by atoms with Gasteiger partial charge in [0.2, 0.25) is 0 Å². The molecule has 1 unspecified atom stereocenters. The van der Waals surface area contributed by atoms with Gasteiger partial charge >= 0.3 is 0 Å². The summed E-state index contributed by atoms with van der Waals surface area (Å²) in [5.74, 6) is 0. The highest BCUT2D eigenvalue weighted by atomic mass is 32.2. The zero-order chi connectivity index (χ0) is 12.2. The molecule has 16 heavy (non-hydrogen) atoms. The van der Waals surface area contributed by atoms with Crippen molar-refractivity contribution in [1.82, 2.24) is 14.3 Å². The fourth-order valence-corrected chi connectivity index (χ4v) is 2.10. The number of hydrogen-bond acceptors (Lipinski definition) is 4. The molecule has 0 saturated carbocycles. The van der Waals surface area contributed by atoms with Crippen LogP contribution in [0.1, 0.15) is 20.3 Å². The molecule has 7 heteroatoms. The van der Waals surface area contributed by atoms with Crippen molar-refractivity contribution >= 4 is 10.0 Å². The third-order valence-electron chi connectivity index (χ3n) is 2.23. The molecule has 0 fully saturated rings. The number of rotatable bonds is 6. The Morgan fingerprint density at radius 2 is 2.25 bits per heavy atom. The number of nitrogens with zero attached hydrogens (tertiary/aromatic N) is 2. The molecule has 0 aromatic carbocycles. The Kier molecular flexibility index (Phi) is 4.45. The molecular weight excluding hydrogens is 230 g/mol. The Morgan fingerprint density at radius 1 is 1.56 bits per heavy atom. The molecule has 1 aromatic heterocycles. The van der Waals surface area contributed by atoms with Crippen LogP contribution in [-0.4, -0.2) is 35.7 Å². The molecule has 1 aromatic rings. The first-order valence-corrected chi connectivity index (χ1v) is 6.67. The van der Waals surface area contributed by atoms with Crippen molar-refractivity contribution in [3.63, 3.8) is 0 Å². The van der Waals surface area contributed by atoms with Gasteiger partial charge in [0.05, 0.1) is 12.4 Å². The van der Waals surface area contributed by atoms with E-state index in [1.807, 2.05) is 6.92 Å². The summed E-state index contributed by atoms with van der Waals surface area (Å²) in [6.07, 6.45) is 2.76. The van der Waals surface area contributed by atoms with Crippen LogP contribution < -0.4 is 4.72 Å². The van der Waals surface area contributed by atoms with Crippen molar-refractivity contribution in [2.24, 2.45) is 0 Å². The highest BCUT2D eigenvalue weighted by Crippen LogP contribution is 2.05. The lowest BCUT2D eigenvalue weighted by Crippen LogP contribution is -2.32. The van der Waals surface area contributed by atoms with Crippen LogP contribution in [0.25, 0.3) is 0 Å². The van der Waals surface area contributed by atoms with Crippen LogP contribution in [0.3, 0.4) is 0 Å². The summed E-state index contributed by atoms with van der Waals surface area (Å²) in [5.41, 5.74) is 0. The minimum absolute atomic E-state index is 0.0117. The number of aliphatic hydroxyl groups excluding tert-OH is 1. The first-order chi connectivity index (χ1) is 7.49. The fourth-order valence-electron chi connectivity index (χ4n) is 1.08. The van der Waals surface area contributed by atoms with Crippen molar-refractivity contribution < 1.29 is 13.5 Å². The van der Waals surface area contributed by atoms with E-state index in [0.29, 0.717) is 13.0 Å². The Labute approximate surface area is 95.4 Å².